The minimum atomic E-state index is 0.792. The quantitative estimate of drug-likeness (QED) is 0.549. The number of hydrogen-bond acceptors (Lipinski definition) is 4. The van der Waals surface area contributed by atoms with Gasteiger partial charge in [-0.15, -0.1) is 6.58 Å². The molecule has 0 saturated carbocycles. The summed E-state index contributed by atoms with van der Waals surface area (Å²) in [6, 6.07) is 0. The van der Waals surface area contributed by atoms with Crippen LogP contribution in [0.1, 0.15) is 37.9 Å². The van der Waals surface area contributed by atoms with Crippen molar-refractivity contribution in [2.45, 2.75) is 40.2 Å². The Morgan fingerprint density at radius 2 is 2.16 bits per heavy atom. The second-order valence-corrected chi connectivity index (χ2v) is 4.69. The summed E-state index contributed by atoms with van der Waals surface area (Å²) in [5.41, 5.74) is 2.23. The lowest BCUT2D eigenvalue weighted by Gasteiger charge is -2.21. The van der Waals surface area contributed by atoms with Crippen LogP contribution >= 0.6 is 0 Å². The number of aromatic nitrogens is 2. The minimum absolute atomic E-state index is 0.792. The molecular formula is C15H26N4. The van der Waals surface area contributed by atoms with E-state index in [0.29, 0.717) is 0 Å². The van der Waals surface area contributed by atoms with Crippen molar-refractivity contribution in [3.63, 3.8) is 0 Å². The summed E-state index contributed by atoms with van der Waals surface area (Å²) in [4.78, 5) is 11.3. The number of rotatable bonds is 9. The molecule has 1 heterocycles. The maximum atomic E-state index is 4.62. The van der Waals surface area contributed by atoms with E-state index >= 15 is 0 Å². The summed E-state index contributed by atoms with van der Waals surface area (Å²) in [5, 5.41) is 3.38. The van der Waals surface area contributed by atoms with Gasteiger partial charge in [-0.25, -0.2) is 9.97 Å². The third kappa shape index (κ3) is 4.99. The largest absolute Gasteiger partial charge is 0.337 e. The predicted octanol–water partition coefficient (Wildman–Crippen LogP) is 2.69. The van der Waals surface area contributed by atoms with Gasteiger partial charge in [0.05, 0.1) is 0 Å². The van der Waals surface area contributed by atoms with Gasteiger partial charge >= 0.3 is 0 Å². The zero-order valence-corrected chi connectivity index (χ0v) is 12.4. The van der Waals surface area contributed by atoms with E-state index < -0.39 is 0 Å². The van der Waals surface area contributed by atoms with Gasteiger partial charge in [0.1, 0.15) is 0 Å². The Hall–Kier alpha value is -1.42. The normalized spacial score (nSPS) is 10.5. The maximum Gasteiger partial charge on any atom is 0.225 e. The zero-order chi connectivity index (χ0) is 14.1. The molecule has 19 heavy (non-hydrogen) atoms. The molecule has 0 unspecified atom stereocenters. The van der Waals surface area contributed by atoms with Gasteiger partial charge in [0, 0.05) is 37.1 Å². The molecule has 1 aromatic heterocycles. The average molecular weight is 262 g/mol. The van der Waals surface area contributed by atoms with E-state index in [1.54, 1.807) is 0 Å². The minimum Gasteiger partial charge on any atom is -0.337 e. The molecule has 4 heteroatoms. The Labute approximate surface area is 117 Å². The highest BCUT2D eigenvalue weighted by atomic mass is 15.2. The number of anilines is 1. The molecule has 0 radical (unpaired) electrons. The van der Waals surface area contributed by atoms with Crippen molar-refractivity contribution in [1.82, 2.24) is 15.3 Å². The SMILES string of the molecule is C=CCN(CCC)c1ncc(CNCCC)c(C)n1. The van der Waals surface area contributed by atoms with E-state index in [2.05, 4.69) is 40.6 Å². The Morgan fingerprint density at radius 3 is 2.74 bits per heavy atom. The van der Waals surface area contributed by atoms with Crippen LogP contribution in [0.5, 0.6) is 0 Å². The number of nitrogens with one attached hydrogen (secondary N) is 1. The lowest BCUT2D eigenvalue weighted by atomic mass is 10.2. The van der Waals surface area contributed by atoms with E-state index in [9.17, 15) is 0 Å². The number of aryl methyl sites for hydroxylation is 1. The molecule has 0 fully saturated rings. The first-order valence-corrected chi connectivity index (χ1v) is 7.12. The molecule has 4 nitrogen and oxygen atoms in total. The molecule has 0 aromatic carbocycles. The first-order chi connectivity index (χ1) is 9.22. The van der Waals surface area contributed by atoms with Crippen LogP contribution in [0.25, 0.3) is 0 Å². The molecule has 1 N–H and O–H groups in total. The fourth-order valence-electron chi connectivity index (χ4n) is 1.90. The van der Waals surface area contributed by atoms with Crippen molar-refractivity contribution in [2.24, 2.45) is 0 Å². The molecule has 0 atom stereocenters. The van der Waals surface area contributed by atoms with Gasteiger partial charge < -0.3 is 10.2 Å². The molecule has 0 aliphatic carbocycles. The highest BCUT2D eigenvalue weighted by Gasteiger charge is 2.09. The fourth-order valence-corrected chi connectivity index (χ4v) is 1.90. The van der Waals surface area contributed by atoms with Crippen LogP contribution < -0.4 is 10.2 Å². The monoisotopic (exact) mass is 262 g/mol. The maximum absolute atomic E-state index is 4.62. The summed E-state index contributed by atoms with van der Waals surface area (Å²) < 4.78 is 0. The molecule has 0 saturated heterocycles. The smallest absolute Gasteiger partial charge is 0.225 e. The summed E-state index contributed by atoms with van der Waals surface area (Å²) >= 11 is 0. The van der Waals surface area contributed by atoms with E-state index in [-0.39, 0.29) is 0 Å². The summed E-state index contributed by atoms with van der Waals surface area (Å²) in [6.07, 6.45) is 6.05. The van der Waals surface area contributed by atoms with Crippen LogP contribution in [0, 0.1) is 6.92 Å². The Morgan fingerprint density at radius 1 is 1.37 bits per heavy atom. The molecular weight excluding hydrogens is 236 g/mol. The van der Waals surface area contributed by atoms with Crippen LogP contribution in [0.15, 0.2) is 18.9 Å². The van der Waals surface area contributed by atoms with E-state index in [1.165, 1.54) is 5.56 Å². The zero-order valence-electron chi connectivity index (χ0n) is 12.4. The van der Waals surface area contributed by atoms with Crippen molar-refractivity contribution in [3.05, 3.63) is 30.1 Å². The van der Waals surface area contributed by atoms with Gasteiger partial charge in [0.2, 0.25) is 5.95 Å². The third-order valence-electron chi connectivity index (χ3n) is 2.94. The highest BCUT2D eigenvalue weighted by molar-refractivity contribution is 5.33. The van der Waals surface area contributed by atoms with Gasteiger partial charge in [-0.1, -0.05) is 19.9 Å². The molecule has 1 rings (SSSR count). The fraction of sp³-hybridized carbons (Fsp3) is 0.600. The van der Waals surface area contributed by atoms with Crippen LogP contribution in [0.2, 0.25) is 0 Å². The van der Waals surface area contributed by atoms with Gasteiger partial charge in [0.25, 0.3) is 0 Å². The lowest BCUT2D eigenvalue weighted by Crippen LogP contribution is -2.26. The average Bonchev–Trinajstić information content (AvgIpc) is 2.40. The number of nitrogens with zero attached hydrogens (tertiary/aromatic N) is 3. The van der Waals surface area contributed by atoms with Gasteiger partial charge in [0.15, 0.2) is 0 Å². The molecule has 0 bridgehead atoms. The van der Waals surface area contributed by atoms with Crippen molar-refractivity contribution >= 4 is 5.95 Å². The first-order valence-electron chi connectivity index (χ1n) is 7.12. The Bertz CT molecular complexity index is 390. The van der Waals surface area contributed by atoms with Crippen LogP contribution in [-0.2, 0) is 6.54 Å². The molecule has 0 aliphatic rings. The van der Waals surface area contributed by atoms with E-state index in [1.807, 2.05) is 19.2 Å². The van der Waals surface area contributed by atoms with Gasteiger partial charge in [-0.3, -0.25) is 0 Å². The van der Waals surface area contributed by atoms with Crippen LogP contribution in [0.4, 0.5) is 5.95 Å². The second-order valence-electron chi connectivity index (χ2n) is 4.69. The standard InChI is InChI=1S/C15H26N4/c1-5-8-16-11-14-12-17-15(18-13(14)4)19(9-6-2)10-7-3/h6,12,16H,2,5,7-11H2,1,3-4H3. The lowest BCUT2D eigenvalue weighted by molar-refractivity contribution is 0.667. The Balaban J connectivity index is 2.75. The van der Waals surface area contributed by atoms with Crippen LogP contribution in [-0.4, -0.2) is 29.6 Å². The van der Waals surface area contributed by atoms with Gasteiger partial charge in [-0.05, 0) is 26.3 Å². The molecule has 0 aliphatic heterocycles. The van der Waals surface area contributed by atoms with E-state index in [4.69, 9.17) is 0 Å². The van der Waals surface area contributed by atoms with Crippen molar-refractivity contribution in [2.75, 3.05) is 24.5 Å². The second kappa shape index (κ2) is 8.64. The molecule has 106 valence electrons. The van der Waals surface area contributed by atoms with E-state index in [0.717, 1.165) is 50.7 Å². The van der Waals surface area contributed by atoms with Crippen molar-refractivity contribution in [3.8, 4) is 0 Å². The predicted molar refractivity (Wildman–Crippen MR) is 81.5 cm³/mol. The molecule has 0 amide bonds. The summed E-state index contributed by atoms with van der Waals surface area (Å²) in [5.74, 6) is 0.804. The molecule has 0 spiro atoms. The first kappa shape index (κ1) is 15.6. The Kier molecular flexibility index (Phi) is 7.11. The summed E-state index contributed by atoms with van der Waals surface area (Å²) in [6.45, 7) is 13.8. The van der Waals surface area contributed by atoms with Gasteiger partial charge in [-0.2, -0.15) is 0 Å². The number of hydrogen-bond donors (Lipinski definition) is 1. The highest BCUT2D eigenvalue weighted by Crippen LogP contribution is 2.11. The third-order valence-corrected chi connectivity index (χ3v) is 2.94. The van der Waals surface area contributed by atoms with Crippen LogP contribution in [0.3, 0.4) is 0 Å². The van der Waals surface area contributed by atoms with Crippen molar-refractivity contribution < 1.29 is 0 Å². The summed E-state index contributed by atoms with van der Waals surface area (Å²) in [7, 11) is 0. The topological polar surface area (TPSA) is 41.1 Å². The molecule has 1 aromatic rings. The van der Waals surface area contributed by atoms with Crippen molar-refractivity contribution in [1.29, 1.82) is 0 Å².